The second kappa shape index (κ2) is 7.74. The van der Waals surface area contributed by atoms with E-state index in [0.29, 0.717) is 32.1 Å². The summed E-state index contributed by atoms with van der Waals surface area (Å²) in [5, 5.41) is 3.25. The molecule has 2 rings (SSSR count). The van der Waals surface area contributed by atoms with Crippen LogP contribution in [0.4, 0.5) is 0 Å². The van der Waals surface area contributed by atoms with Crippen LogP contribution in [0.25, 0.3) is 0 Å². The number of piperazine rings is 1. The first-order chi connectivity index (χ1) is 9.84. The molecule has 1 N–H and O–H groups in total. The molecule has 1 aliphatic rings. The number of halogens is 1. The minimum Gasteiger partial charge on any atom is -0.337 e. The molecule has 1 fully saturated rings. The molecule has 0 spiro atoms. The number of nitrogens with zero attached hydrogens (tertiary/aromatic N) is 4. The van der Waals surface area contributed by atoms with Crippen LogP contribution in [0.2, 0.25) is 0 Å². The highest BCUT2D eigenvalue weighted by Gasteiger charge is 2.37. The average molecular weight is 352 g/mol. The van der Waals surface area contributed by atoms with Crippen LogP contribution in [0.15, 0.2) is 12.4 Å². The van der Waals surface area contributed by atoms with Gasteiger partial charge in [0.1, 0.15) is 5.82 Å². The molecule has 1 aromatic heterocycles. The molecular formula is C13H26ClN5O2S. The summed E-state index contributed by atoms with van der Waals surface area (Å²) in [7, 11) is 0.0584. The zero-order valence-corrected chi connectivity index (χ0v) is 15.2. The fourth-order valence-electron chi connectivity index (χ4n) is 2.67. The fraction of sp³-hybridized carbons (Fsp3) is 0.769. The van der Waals surface area contributed by atoms with Crippen molar-refractivity contribution in [3.05, 3.63) is 18.2 Å². The summed E-state index contributed by atoms with van der Waals surface area (Å²) in [4.78, 5) is 4.32. The quantitative estimate of drug-likeness (QED) is 0.844. The van der Waals surface area contributed by atoms with E-state index in [0.717, 1.165) is 5.82 Å². The first-order valence-corrected chi connectivity index (χ1v) is 8.64. The third-order valence-electron chi connectivity index (χ3n) is 3.66. The summed E-state index contributed by atoms with van der Waals surface area (Å²) >= 11 is 0. The molecular weight excluding hydrogens is 326 g/mol. The number of nitrogens with one attached hydrogen (secondary N) is 1. The molecule has 1 atom stereocenters. The number of rotatable bonds is 5. The van der Waals surface area contributed by atoms with E-state index in [4.69, 9.17) is 0 Å². The van der Waals surface area contributed by atoms with Gasteiger partial charge in [-0.05, 0) is 5.92 Å². The third-order valence-corrected chi connectivity index (χ3v) is 5.63. The van der Waals surface area contributed by atoms with Crippen LogP contribution in [0.3, 0.4) is 0 Å². The number of hydrogen-bond acceptors (Lipinski definition) is 4. The normalized spacial score (nSPS) is 20.4. The molecule has 0 aromatic carbocycles. The first kappa shape index (κ1) is 19.4. The Balaban J connectivity index is 0.00000242. The lowest BCUT2D eigenvalue weighted by atomic mass is 10.2. The zero-order valence-electron chi connectivity index (χ0n) is 13.6. The largest absolute Gasteiger partial charge is 0.337 e. The van der Waals surface area contributed by atoms with Crippen molar-refractivity contribution in [3.8, 4) is 0 Å². The molecule has 9 heteroatoms. The number of imidazole rings is 1. The van der Waals surface area contributed by atoms with Crippen molar-refractivity contribution in [2.24, 2.45) is 13.0 Å². The van der Waals surface area contributed by atoms with E-state index in [-0.39, 0.29) is 18.4 Å². The van der Waals surface area contributed by atoms with Gasteiger partial charge in [-0.15, -0.1) is 12.4 Å². The van der Waals surface area contributed by atoms with Gasteiger partial charge < -0.3 is 9.88 Å². The van der Waals surface area contributed by atoms with E-state index in [2.05, 4.69) is 10.3 Å². The third kappa shape index (κ3) is 3.99. The predicted molar refractivity (Wildman–Crippen MR) is 89.2 cm³/mol. The Morgan fingerprint density at radius 3 is 2.73 bits per heavy atom. The van der Waals surface area contributed by atoms with Crippen molar-refractivity contribution in [2.75, 3.05) is 33.2 Å². The van der Waals surface area contributed by atoms with Crippen molar-refractivity contribution in [3.63, 3.8) is 0 Å². The summed E-state index contributed by atoms with van der Waals surface area (Å²) in [6.07, 6.45) is 3.54. The summed E-state index contributed by atoms with van der Waals surface area (Å²) in [5.74, 6) is 1.06. The molecule has 0 aliphatic carbocycles. The fourth-order valence-corrected chi connectivity index (χ4v) is 4.32. The molecule has 1 saturated heterocycles. The van der Waals surface area contributed by atoms with Gasteiger partial charge in [0.05, 0.1) is 6.04 Å². The molecule has 22 heavy (non-hydrogen) atoms. The topological polar surface area (TPSA) is 70.5 Å². The standard InChI is InChI=1S/C13H25N5O2S.ClH/c1-11(2)10-17(4)21(19,20)18-8-5-14-9-12(18)13-15-6-7-16(13)3;/h6-7,11-12,14H,5,8-10H2,1-4H3;1H. The predicted octanol–water partition coefficient (Wildman–Crippen LogP) is 0.621. The summed E-state index contributed by atoms with van der Waals surface area (Å²) < 4.78 is 30.5. The van der Waals surface area contributed by atoms with E-state index in [1.165, 1.54) is 4.31 Å². The monoisotopic (exact) mass is 351 g/mol. The van der Waals surface area contributed by atoms with Crippen LogP contribution in [0.1, 0.15) is 25.7 Å². The Labute approximate surface area is 139 Å². The van der Waals surface area contributed by atoms with Crippen molar-refractivity contribution < 1.29 is 8.42 Å². The minimum atomic E-state index is -3.48. The maximum absolute atomic E-state index is 12.8. The Bertz CT molecular complexity index is 575. The smallest absolute Gasteiger partial charge is 0.282 e. The van der Waals surface area contributed by atoms with Crippen LogP contribution in [-0.2, 0) is 17.3 Å². The number of hydrogen-bond donors (Lipinski definition) is 1. The highest BCUT2D eigenvalue weighted by atomic mass is 35.5. The van der Waals surface area contributed by atoms with Crippen molar-refractivity contribution in [2.45, 2.75) is 19.9 Å². The zero-order chi connectivity index (χ0) is 15.6. The van der Waals surface area contributed by atoms with E-state index in [9.17, 15) is 8.42 Å². The van der Waals surface area contributed by atoms with Crippen LogP contribution in [-0.4, -0.2) is 59.8 Å². The van der Waals surface area contributed by atoms with E-state index in [1.807, 2.05) is 31.7 Å². The lowest BCUT2D eigenvalue weighted by Crippen LogP contribution is -2.53. The molecule has 1 aliphatic heterocycles. The van der Waals surface area contributed by atoms with Gasteiger partial charge in [-0.3, -0.25) is 0 Å². The van der Waals surface area contributed by atoms with Crippen LogP contribution in [0, 0.1) is 5.92 Å². The second-order valence-corrected chi connectivity index (χ2v) is 7.90. The van der Waals surface area contributed by atoms with E-state index >= 15 is 0 Å². The van der Waals surface area contributed by atoms with Crippen molar-refractivity contribution in [1.29, 1.82) is 0 Å². The van der Waals surface area contributed by atoms with E-state index in [1.54, 1.807) is 17.5 Å². The maximum Gasteiger partial charge on any atom is 0.282 e. The molecule has 7 nitrogen and oxygen atoms in total. The van der Waals surface area contributed by atoms with Gasteiger partial charge in [0.25, 0.3) is 10.2 Å². The number of aryl methyl sites for hydroxylation is 1. The Kier molecular flexibility index (Phi) is 6.82. The molecule has 1 unspecified atom stereocenters. The lowest BCUT2D eigenvalue weighted by Gasteiger charge is -2.37. The SMILES string of the molecule is CC(C)CN(C)S(=O)(=O)N1CCNCC1c1nccn1C.Cl. The van der Waals surface area contributed by atoms with Gasteiger partial charge in [-0.2, -0.15) is 17.0 Å². The highest BCUT2D eigenvalue weighted by molar-refractivity contribution is 7.86. The van der Waals surface area contributed by atoms with Gasteiger partial charge >= 0.3 is 0 Å². The molecule has 0 radical (unpaired) electrons. The number of aromatic nitrogens is 2. The van der Waals surface area contributed by atoms with Crippen LogP contribution >= 0.6 is 12.4 Å². The molecule has 0 amide bonds. The van der Waals surface area contributed by atoms with Gasteiger partial charge in [-0.25, -0.2) is 4.98 Å². The molecule has 0 bridgehead atoms. The van der Waals surface area contributed by atoms with Crippen LogP contribution < -0.4 is 5.32 Å². The Morgan fingerprint density at radius 1 is 1.50 bits per heavy atom. The lowest BCUT2D eigenvalue weighted by molar-refractivity contribution is 0.238. The Hall–Kier alpha value is -0.670. The van der Waals surface area contributed by atoms with E-state index < -0.39 is 10.2 Å². The Morgan fingerprint density at radius 2 is 2.18 bits per heavy atom. The molecule has 2 heterocycles. The minimum absolute atomic E-state index is 0. The van der Waals surface area contributed by atoms with Crippen molar-refractivity contribution in [1.82, 2.24) is 23.5 Å². The van der Waals surface area contributed by atoms with Gasteiger partial charge in [0.15, 0.2) is 0 Å². The van der Waals surface area contributed by atoms with Gasteiger partial charge in [-0.1, -0.05) is 13.8 Å². The van der Waals surface area contributed by atoms with Crippen LogP contribution in [0.5, 0.6) is 0 Å². The molecule has 0 saturated carbocycles. The molecule has 128 valence electrons. The maximum atomic E-state index is 12.8. The highest BCUT2D eigenvalue weighted by Crippen LogP contribution is 2.25. The summed E-state index contributed by atoms with van der Waals surface area (Å²) in [5.41, 5.74) is 0. The summed E-state index contributed by atoms with van der Waals surface area (Å²) in [6.45, 7) is 6.25. The summed E-state index contributed by atoms with van der Waals surface area (Å²) in [6, 6.07) is -0.265. The first-order valence-electron chi connectivity index (χ1n) is 7.25. The second-order valence-electron chi connectivity index (χ2n) is 5.91. The molecule has 1 aromatic rings. The van der Waals surface area contributed by atoms with Gasteiger partial charge in [0, 0.05) is 52.7 Å². The van der Waals surface area contributed by atoms with Gasteiger partial charge in [0.2, 0.25) is 0 Å². The average Bonchev–Trinajstić information content (AvgIpc) is 2.84. The van der Waals surface area contributed by atoms with Crippen molar-refractivity contribution >= 4 is 22.6 Å².